The van der Waals surface area contributed by atoms with Crippen LogP contribution in [0.4, 0.5) is 0 Å². The molecule has 7 rings (SSSR count). The number of aromatic carboxylic acids is 1. The van der Waals surface area contributed by atoms with Gasteiger partial charge in [0.2, 0.25) is 0 Å². The molecule has 5 nitrogen and oxygen atoms in total. The third-order valence-corrected chi connectivity index (χ3v) is 9.12. The van der Waals surface area contributed by atoms with Crippen LogP contribution in [0.5, 0.6) is 5.75 Å². The molecule has 3 aromatic carbocycles. The number of fused-ring (bicyclic) bond motifs is 1. The lowest BCUT2D eigenvalue weighted by atomic mass is 9.48. The number of carboxylic acid groups (broad SMARTS) is 1. The van der Waals surface area contributed by atoms with Crippen LogP contribution in [0.2, 0.25) is 5.02 Å². The second-order valence-electron chi connectivity index (χ2n) is 11.3. The first-order valence-electron chi connectivity index (χ1n) is 13.2. The molecule has 3 aromatic rings. The first kappa shape index (κ1) is 24.7. The van der Waals surface area contributed by atoms with E-state index in [1.165, 1.54) is 44.1 Å². The van der Waals surface area contributed by atoms with Crippen molar-refractivity contribution in [2.75, 3.05) is 27.1 Å². The minimum Gasteiger partial charge on any atom is -0.478 e. The van der Waals surface area contributed by atoms with Gasteiger partial charge in [-0.05, 0) is 114 Å². The van der Waals surface area contributed by atoms with E-state index in [0.29, 0.717) is 13.2 Å². The van der Waals surface area contributed by atoms with Crippen molar-refractivity contribution in [1.82, 2.24) is 0 Å². The number of hydrogen-bond donors (Lipinski definition) is 1. The van der Waals surface area contributed by atoms with Crippen LogP contribution in [0.3, 0.4) is 0 Å². The molecule has 0 amide bonds. The summed E-state index contributed by atoms with van der Waals surface area (Å²) in [6.07, 6.45) is 7.91. The topological polar surface area (TPSA) is 65.0 Å². The maximum atomic E-state index is 11.4. The molecule has 4 aliphatic rings. The Labute approximate surface area is 222 Å². The molecule has 0 radical (unpaired) electrons. The molecule has 4 fully saturated rings. The number of hydrogen-bond acceptors (Lipinski definition) is 4. The predicted octanol–water partition coefficient (Wildman–Crippen LogP) is 7.33. The largest absolute Gasteiger partial charge is 0.478 e. The van der Waals surface area contributed by atoms with Crippen molar-refractivity contribution >= 4 is 28.3 Å². The summed E-state index contributed by atoms with van der Waals surface area (Å²) in [4.78, 5) is 11.4. The predicted molar refractivity (Wildman–Crippen MR) is 145 cm³/mol. The number of rotatable bonds is 9. The summed E-state index contributed by atoms with van der Waals surface area (Å²) in [7, 11) is 1.67. The van der Waals surface area contributed by atoms with Crippen LogP contribution >= 0.6 is 11.6 Å². The molecular weight excluding hydrogens is 488 g/mol. The summed E-state index contributed by atoms with van der Waals surface area (Å²) in [6.45, 7) is 1.26. The number of methoxy groups -OCH3 is 1. The van der Waals surface area contributed by atoms with Crippen molar-refractivity contribution in [3.8, 4) is 16.9 Å². The monoisotopic (exact) mass is 520 g/mol. The van der Waals surface area contributed by atoms with Gasteiger partial charge in [-0.1, -0.05) is 29.8 Å². The van der Waals surface area contributed by atoms with E-state index in [2.05, 4.69) is 30.3 Å². The van der Waals surface area contributed by atoms with Crippen molar-refractivity contribution in [2.24, 2.45) is 17.8 Å². The van der Waals surface area contributed by atoms with Crippen molar-refractivity contribution in [1.29, 1.82) is 0 Å². The van der Waals surface area contributed by atoms with Gasteiger partial charge >= 0.3 is 5.97 Å². The Morgan fingerprint density at radius 3 is 2.24 bits per heavy atom. The van der Waals surface area contributed by atoms with Crippen molar-refractivity contribution in [3.63, 3.8) is 0 Å². The fourth-order valence-corrected chi connectivity index (χ4v) is 7.87. The highest BCUT2D eigenvalue weighted by molar-refractivity contribution is 6.33. The average molecular weight is 521 g/mol. The van der Waals surface area contributed by atoms with Gasteiger partial charge < -0.3 is 19.3 Å². The van der Waals surface area contributed by atoms with E-state index in [9.17, 15) is 9.90 Å². The molecule has 0 unspecified atom stereocenters. The van der Waals surface area contributed by atoms with Crippen LogP contribution < -0.4 is 4.74 Å². The Kier molecular flexibility index (Phi) is 6.64. The highest BCUT2D eigenvalue weighted by Crippen LogP contribution is 2.62. The quantitative estimate of drug-likeness (QED) is 0.236. The number of benzene rings is 3. The van der Waals surface area contributed by atoms with E-state index in [1.54, 1.807) is 19.2 Å². The summed E-state index contributed by atoms with van der Waals surface area (Å²) in [5, 5.41) is 11.9. The Morgan fingerprint density at radius 2 is 1.59 bits per heavy atom. The zero-order chi connectivity index (χ0) is 25.6. The highest BCUT2D eigenvalue weighted by atomic mass is 35.5. The van der Waals surface area contributed by atoms with Gasteiger partial charge in [0.1, 0.15) is 5.75 Å². The van der Waals surface area contributed by atoms with Gasteiger partial charge in [0.25, 0.3) is 0 Å². The third-order valence-electron chi connectivity index (χ3n) is 8.81. The molecule has 0 aromatic heterocycles. The summed E-state index contributed by atoms with van der Waals surface area (Å²) in [6, 6.07) is 16.0. The lowest BCUT2D eigenvalue weighted by molar-refractivity contribution is -0.0188. The first-order valence-corrected chi connectivity index (χ1v) is 13.6. The molecule has 1 N–H and O–H groups in total. The Balaban J connectivity index is 1.39. The molecule has 4 saturated carbocycles. The maximum Gasteiger partial charge on any atom is 0.337 e. The standard InChI is InChI=1S/C31H33ClO5/c1-35-6-7-36-18-37-29-14-24-3-2-22(23-4-5-26(30(33)34)28(32)13-23)11-25(24)12-27(29)31-15-19-8-20(16-31)10-21(9-19)17-31/h2-5,11-14,19-21H,6-10,15-18H2,1H3,(H,33,34). The van der Waals surface area contributed by atoms with Crippen molar-refractivity contribution in [3.05, 3.63) is 64.7 Å². The maximum absolute atomic E-state index is 11.4. The third kappa shape index (κ3) is 4.73. The summed E-state index contributed by atoms with van der Waals surface area (Å²) >= 11 is 6.28. The Hall–Kier alpha value is -2.60. The molecule has 4 aliphatic carbocycles. The van der Waals surface area contributed by atoms with Crippen LogP contribution in [-0.2, 0) is 14.9 Å². The lowest BCUT2D eigenvalue weighted by Crippen LogP contribution is -2.48. The average Bonchev–Trinajstić information content (AvgIpc) is 2.86. The van der Waals surface area contributed by atoms with Crippen LogP contribution in [0, 0.1) is 17.8 Å². The van der Waals surface area contributed by atoms with E-state index < -0.39 is 5.97 Å². The minimum absolute atomic E-state index is 0.116. The zero-order valence-corrected chi connectivity index (χ0v) is 21.9. The molecule has 0 heterocycles. The molecule has 194 valence electrons. The first-order chi connectivity index (χ1) is 17.9. The number of halogens is 1. The van der Waals surface area contributed by atoms with Crippen LogP contribution in [0.1, 0.15) is 54.4 Å². The second kappa shape index (κ2) is 9.94. The van der Waals surface area contributed by atoms with E-state index in [0.717, 1.165) is 45.4 Å². The number of ether oxygens (including phenoxy) is 3. The van der Waals surface area contributed by atoms with E-state index >= 15 is 0 Å². The Bertz CT molecular complexity index is 1300. The van der Waals surface area contributed by atoms with E-state index in [-0.39, 0.29) is 22.8 Å². The second-order valence-corrected chi connectivity index (χ2v) is 11.7. The van der Waals surface area contributed by atoms with Gasteiger partial charge in [-0.2, -0.15) is 0 Å². The summed E-state index contributed by atoms with van der Waals surface area (Å²) in [5.74, 6) is 2.40. The molecule has 37 heavy (non-hydrogen) atoms. The number of carboxylic acids is 1. The number of carbonyl (C=O) groups is 1. The molecule has 0 atom stereocenters. The van der Waals surface area contributed by atoms with Gasteiger partial charge in [-0.3, -0.25) is 0 Å². The van der Waals surface area contributed by atoms with Crippen LogP contribution in [0.25, 0.3) is 21.9 Å². The zero-order valence-electron chi connectivity index (χ0n) is 21.2. The van der Waals surface area contributed by atoms with E-state index in [1.807, 2.05) is 6.07 Å². The van der Waals surface area contributed by atoms with Gasteiger partial charge in [0.15, 0.2) is 6.79 Å². The van der Waals surface area contributed by atoms with Gasteiger partial charge in [-0.25, -0.2) is 4.79 Å². The van der Waals surface area contributed by atoms with Gasteiger partial charge in [0.05, 0.1) is 23.8 Å². The molecular formula is C31H33ClO5. The molecule has 0 saturated heterocycles. The van der Waals surface area contributed by atoms with Crippen LogP contribution in [-0.4, -0.2) is 38.2 Å². The fraction of sp³-hybridized carbons (Fsp3) is 0.452. The van der Waals surface area contributed by atoms with E-state index in [4.69, 9.17) is 25.8 Å². The molecule has 6 heteroatoms. The summed E-state index contributed by atoms with van der Waals surface area (Å²) in [5.41, 5.74) is 3.53. The van der Waals surface area contributed by atoms with Gasteiger partial charge in [0, 0.05) is 12.7 Å². The molecule has 0 spiro atoms. The molecule has 4 bridgehead atoms. The Morgan fingerprint density at radius 1 is 0.919 bits per heavy atom. The highest BCUT2D eigenvalue weighted by Gasteiger charge is 2.52. The van der Waals surface area contributed by atoms with Crippen molar-refractivity contribution in [2.45, 2.75) is 43.9 Å². The fourth-order valence-electron chi connectivity index (χ4n) is 7.61. The van der Waals surface area contributed by atoms with Gasteiger partial charge in [-0.15, -0.1) is 0 Å². The lowest BCUT2D eigenvalue weighted by Gasteiger charge is -2.57. The summed E-state index contributed by atoms with van der Waals surface area (Å²) < 4.78 is 17.1. The SMILES string of the molecule is COCCOCOc1cc2ccc(-c3ccc(C(=O)O)c(Cl)c3)cc2cc1C12CC3CC(CC(C3)C1)C2. The smallest absolute Gasteiger partial charge is 0.337 e. The minimum atomic E-state index is -1.02. The molecule has 0 aliphatic heterocycles. The van der Waals surface area contributed by atoms with Crippen molar-refractivity contribution < 1.29 is 24.1 Å². The van der Waals surface area contributed by atoms with Crippen LogP contribution in [0.15, 0.2) is 48.5 Å². The normalized spacial score (nSPS) is 26.1.